The van der Waals surface area contributed by atoms with Crippen LogP contribution in [0.3, 0.4) is 0 Å². The molecule has 0 saturated heterocycles. The number of carbonyl (C=O) groups excluding carboxylic acids is 1. The first-order chi connectivity index (χ1) is 26.9. The van der Waals surface area contributed by atoms with Gasteiger partial charge in [-0.3, -0.25) is 4.79 Å². The molecule has 8 nitrogen and oxygen atoms in total. The van der Waals surface area contributed by atoms with Crippen molar-refractivity contribution in [1.29, 1.82) is 10.5 Å². The lowest BCUT2D eigenvalue weighted by Crippen LogP contribution is -2.24. The Bertz CT molecular complexity index is 2510. The lowest BCUT2D eigenvalue weighted by atomic mass is 9.86. The quantitative estimate of drug-likeness (QED) is 0.136. The summed E-state index contributed by atoms with van der Waals surface area (Å²) in [6.45, 7) is 1.71. The van der Waals surface area contributed by atoms with E-state index in [0.717, 1.165) is 23.5 Å². The van der Waals surface area contributed by atoms with Crippen LogP contribution in [0.4, 0.5) is 26.3 Å². The fourth-order valence-electron chi connectivity index (χ4n) is 6.80. The van der Waals surface area contributed by atoms with Crippen molar-refractivity contribution < 1.29 is 36.2 Å². The van der Waals surface area contributed by atoms with E-state index < -0.39 is 35.1 Å². The molecule has 8 rings (SSSR count). The molecule has 0 spiro atoms. The van der Waals surface area contributed by atoms with Gasteiger partial charge in [-0.05, 0) is 64.6 Å². The van der Waals surface area contributed by atoms with Crippen LogP contribution < -0.4 is 0 Å². The minimum atomic E-state index is -2.98. The normalized spacial score (nSPS) is 18.3. The Hall–Kier alpha value is -5.78. The van der Waals surface area contributed by atoms with Crippen LogP contribution in [0.15, 0.2) is 110 Å². The van der Waals surface area contributed by atoms with Crippen LogP contribution >= 0.6 is 22.6 Å². The van der Waals surface area contributed by atoms with Crippen molar-refractivity contribution in [3.63, 3.8) is 0 Å². The molecule has 4 heterocycles. The van der Waals surface area contributed by atoms with E-state index in [2.05, 4.69) is 32.6 Å². The van der Waals surface area contributed by atoms with Crippen LogP contribution in [0, 0.1) is 37.9 Å². The molecule has 290 valence electrons. The lowest BCUT2D eigenvalue weighted by Gasteiger charge is -2.24. The molecule has 0 fully saturated rings. The Kier molecular flexibility index (Phi) is 11.5. The average molecular weight is 893 g/mol. The Morgan fingerprint density at radius 1 is 0.754 bits per heavy atom. The number of aliphatic hydroxyl groups is 1. The van der Waals surface area contributed by atoms with E-state index in [1.165, 1.54) is 79.6 Å². The molecule has 0 unspecified atom stereocenters. The summed E-state index contributed by atoms with van der Waals surface area (Å²) in [5.41, 5.74) is 1.02. The topological polar surface area (TPSA) is 121 Å². The van der Waals surface area contributed by atoms with Crippen LogP contribution in [0.1, 0.15) is 93.9 Å². The Labute approximate surface area is 336 Å². The highest BCUT2D eigenvalue weighted by atomic mass is 127. The average Bonchev–Trinajstić information content (AvgIpc) is 3.97. The van der Waals surface area contributed by atoms with Gasteiger partial charge in [0.25, 0.3) is 11.8 Å². The molecule has 0 amide bonds. The molecule has 0 bridgehead atoms. The van der Waals surface area contributed by atoms with Gasteiger partial charge < -0.3 is 14.2 Å². The van der Waals surface area contributed by atoms with Crippen molar-refractivity contribution in [2.45, 2.75) is 56.2 Å². The van der Waals surface area contributed by atoms with Gasteiger partial charge in [0.15, 0.2) is 5.78 Å². The van der Waals surface area contributed by atoms with Crippen LogP contribution in [0.2, 0.25) is 0 Å². The van der Waals surface area contributed by atoms with Crippen molar-refractivity contribution in [2.75, 3.05) is 0 Å². The summed E-state index contributed by atoms with van der Waals surface area (Å²) < 4.78 is 85.0. The van der Waals surface area contributed by atoms with Crippen LogP contribution in [-0.4, -0.2) is 30.0 Å². The highest BCUT2D eigenvalue weighted by Crippen LogP contribution is 2.47. The second-order valence-electron chi connectivity index (χ2n) is 13.7. The Morgan fingerprint density at radius 3 is 1.75 bits per heavy atom. The number of Topliss-reactive ketones (excluding diaryl/α,β-unsaturated/α-hetero) is 1. The number of rotatable bonds is 5. The number of ketones is 1. The Morgan fingerprint density at radius 2 is 1.25 bits per heavy atom. The monoisotopic (exact) mass is 892 g/mol. The van der Waals surface area contributed by atoms with Crippen LogP contribution in [0.5, 0.6) is 0 Å². The molecule has 6 aromatic rings. The van der Waals surface area contributed by atoms with Gasteiger partial charge in [-0.1, -0.05) is 48.5 Å². The summed E-state index contributed by atoms with van der Waals surface area (Å²) in [5.74, 6) is -6.75. The molecule has 2 aliphatic heterocycles. The van der Waals surface area contributed by atoms with E-state index in [-0.39, 0.29) is 46.9 Å². The second kappa shape index (κ2) is 16.0. The molecule has 0 saturated carbocycles. The third-order valence-corrected chi connectivity index (χ3v) is 10.5. The number of benzene rings is 4. The van der Waals surface area contributed by atoms with Crippen molar-refractivity contribution in [1.82, 2.24) is 19.1 Å². The maximum Gasteiger partial charge on any atom is 0.270 e. The van der Waals surface area contributed by atoms with Crippen molar-refractivity contribution in [3.8, 4) is 12.1 Å². The van der Waals surface area contributed by atoms with Crippen molar-refractivity contribution in [2.24, 2.45) is 0 Å². The molecule has 3 atom stereocenters. The number of hydrogen-bond acceptors (Lipinski definition) is 6. The van der Waals surface area contributed by atoms with Crippen LogP contribution in [0.25, 0.3) is 0 Å². The molecular formula is C42H31F6IN6O2. The first kappa shape index (κ1) is 40.9. The number of aromatic nitrogens is 4. The van der Waals surface area contributed by atoms with Gasteiger partial charge in [-0.25, -0.2) is 36.3 Å². The van der Waals surface area contributed by atoms with Crippen LogP contribution in [-0.2, 0) is 17.4 Å². The molecule has 4 aromatic carbocycles. The van der Waals surface area contributed by atoms with E-state index in [1.54, 1.807) is 33.4 Å². The fourth-order valence-corrected chi connectivity index (χ4v) is 7.16. The number of nitrogens with zero attached hydrogens (tertiary/aromatic N) is 6. The van der Waals surface area contributed by atoms with E-state index in [9.17, 15) is 36.2 Å². The predicted molar refractivity (Wildman–Crippen MR) is 204 cm³/mol. The molecular weight excluding hydrogens is 861 g/mol. The summed E-state index contributed by atoms with van der Waals surface area (Å²) in [4.78, 5) is 19.7. The zero-order valence-electron chi connectivity index (χ0n) is 30.1. The number of nitriles is 2. The van der Waals surface area contributed by atoms with Crippen molar-refractivity contribution >= 4 is 28.4 Å². The zero-order chi connectivity index (χ0) is 41.3. The van der Waals surface area contributed by atoms with Gasteiger partial charge in [0.1, 0.15) is 22.9 Å². The summed E-state index contributed by atoms with van der Waals surface area (Å²) >= 11 is 2.08. The predicted octanol–water partition coefficient (Wildman–Crippen LogP) is 9.71. The van der Waals surface area contributed by atoms with E-state index in [4.69, 9.17) is 10.5 Å². The highest BCUT2D eigenvalue weighted by Gasteiger charge is 2.46. The van der Waals surface area contributed by atoms with Gasteiger partial charge in [0.05, 0.1) is 66.1 Å². The molecule has 0 radical (unpaired) electrons. The largest absolute Gasteiger partial charge is 0.379 e. The second-order valence-corrected chi connectivity index (χ2v) is 14.9. The lowest BCUT2D eigenvalue weighted by molar-refractivity contribution is 0.0167. The number of hydrogen-bond donors (Lipinski definition) is 1. The van der Waals surface area contributed by atoms with E-state index in [0.29, 0.717) is 28.1 Å². The summed E-state index contributed by atoms with van der Waals surface area (Å²) in [6, 6.07) is 23.1. The van der Waals surface area contributed by atoms with E-state index in [1.807, 2.05) is 12.1 Å². The first-order valence-corrected chi connectivity index (χ1v) is 18.3. The number of carbonyl (C=O) groups is 1. The van der Waals surface area contributed by atoms with Crippen molar-refractivity contribution in [3.05, 3.63) is 176 Å². The highest BCUT2D eigenvalue weighted by molar-refractivity contribution is 14.1. The molecule has 2 aromatic heterocycles. The van der Waals surface area contributed by atoms with Gasteiger partial charge in [-0.15, -0.1) is 0 Å². The van der Waals surface area contributed by atoms with Gasteiger partial charge in [-0.2, -0.15) is 10.5 Å². The fraction of sp³-hybridized carbons (Fsp3) is 0.214. The first-order valence-electron chi connectivity index (χ1n) is 17.3. The zero-order valence-corrected chi connectivity index (χ0v) is 32.3. The molecule has 0 aliphatic carbocycles. The number of imidazole rings is 2. The number of fused-ring (bicyclic) bond motifs is 2. The third kappa shape index (κ3) is 8.50. The minimum Gasteiger partial charge on any atom is -0.379 e. The third-order valence-electron chi connectivity index (χ3n) is 9.78. The maximum absolute atomic E-state index is 14.6. The molecule has 15 heteroatoms. The molecule has 2 aliphatic rings. The maximum atomic E-state index is 14.6. The molecule has 1 N–H and O–H groups in total. The number of alkyl halides is 4. The van der Waals surface area contributed by atoms with Gasteiger partial charge in [0, 0.05) is 52.5 Å². The summed E-state index contributed by atoms with van der Waals surface area (Å²) in [7, 11) is 0. The summed E-state index contributed by atoms with van der Waals surface area (Å²) in [6.07, 6.45) is 6.37. The van der Waals surface area contributed by atoms with Gasteiger partial charge >= 0.3 is 0 Å². The SMILES string of the molecule is CC(F)(F)c1ccc(I)cc1.CC(F)(F)c1ccc([C@@]2(O)C[C@H](c3ccc(C#N)cc3F)n3cncc32)cc1.N#Cc1ccc([C@H]2CC(=O)c3cncn32)c(F)c1. The Balaban J connectivity index is 0.000000161. The number of halogens is 7. The van der Waals surface area contributed by atoms with E-state index >= 15 is 0 Å². The van der Waals surface area contributed by atoms with Gasteiger partial charge in [0.2, 0.25) is 0 Å². The smallest absolute Gasteiger partial charge is 0.270 e. The molecule has 57 heavy (non-hydrogen) atoms. The summed E-state index contributed by atoms with van der Waals surface area (Å²) in [5, 5.41) is 29.0. The minimum absolute atomic E-state index is 0.0405. The standard InChI is InChI=1S/C21H16F3N3O.C13H8FN3O.C8H7F2I/c1-20(23,24)14-3-5-15(6-4-14)21(28)9-18(27-12-26-11-19(21)27)16-7-2-13(10-25)8-17(16)22;14-10-3-8(5-15)1-2-9(10)11-4-13(18)12-6-16-7-17(11)12;1-8(9,10)6-2-4-7(11)5-3-6/h2-8,11-12,18,28H,9H2,1H3;1-3,6-7,11H,4H2;2-5H,1H3/t18-,21+;11-;/m11./s1.